The van der Waals surface area contributed by atoms with Crippen molar-refractivity contribution in [1.82, 2.24) is 5.32 Å². The smallest absolute Gasteiger partial charge is 0.306 e. The van der Waals surface area contributed by atoms with Crippen molar-refractivity contribution in [3.8, 4) is 0 Å². The SMILES string of the molecule is CS(=O)(=O)CC(=O)NC1CCCC(C(=O)O)C1. The number of amides is 1. The van der Waals surface area contributed by atoms with Crippen molar-refractivity contribution in [1.29, 1.82) is 0 Å². The van der Waals surface area contributed by atoms with Gasteiger partial charge in [0.15, 0.2) is 9.84 Å². The summed E-state index contributed by atoms with van der Waals surface area (Å²) in [6.45, 7) is 0. The van der Waals surface area contributed by atoms with E-state index in [0.717, 1.165) is 12.7 Å². The first kappa shape index (κ1) is 14.0. The summed E-state index contributed by atoms with van der Waals surface area (Å²) in [6.07, 6.45) is 3.44. The number of hydrogen-bond donors (Lipinski definition) is 2. The third-order valence-corrected chi connectivity index (χ3v) is 3.57. The lowest BCUT2D eigenvalue weighted by Gasteiger charge is -2.27. The maximum absolute atomic E-state index is 11.4. The van der Waals surface area contributed by atoms with Gasteiger partial charge in [0.25, 0.3) is 0 Å². The van der Waals surface area contributed by atoms with Crippen LogP contribution in [-0.4, -0.2) is 43.5 Å². The minimum absolute atomic E-state index is 0.223. The number of carboxylic acid groups (broad SMARTS) is 1. The largest absolute Gasteiger partial charge is 0.481 e. The molecule has 0 bridgehead atoms. The molecule has 2 unspecified atom stereocenters. The van der Waals surface area contributed by atoms with E-state index in [1.807, 2.05) is 0 Å². The van der Waals surface area contributed by atoms with Crippen molar-refractivity contribution in [2.24, 2.45) is 5.92 Å². The summed E-state index contributed by atoms with van der Waals surface area (Å²) < 4.78 is 21.8. The molecule has 98 valence electrons. The van der Waals surface area contributed by atoms with Crippen LogP contribution < -0.4 is 5.32 Å². The van der Waals surface area contributed by atoms with E-state index in [1.165, 1.54) is 0 Å². The second-order valence-electron chi connectivity index (χ2n) is 4.54. The monoisotopic (exact) mass is 263 g/mol. The second kappa shape index (κ2) is 5.48. The van der Waals surface area contributed by atoms with Gasteiger partial charge in [-0.2, -0.15) is 0 Å². The van der Waals surface area contributed by atoms with Crippen LogP contribution in [0.1, 0.15) is 25.7 Å². The lowest BCUT2D eigenvalue weighted by molar-refractivity contribution is -0.143. The molecule has 1 saturated carbocycles. The molecule has 0 aromatic heterocycles. The quantitative estimate of drug-likeness (QED) is 0.731. The van der Waals surface area contributed by atoms with E-state index < -0.39 is 33.4 Å². The first-order valence-electron chi connectivity index (χ1n) is 5.48. The highest BCUT2D eigenvalue weighted by Crippen LogP contribution is 2.24. The molecule has 7 heteroatoms. The highest BCUT2D eigenvalue weighted by Gasteiger charge is 2.28. The highest BCUT2D eigenvalue weighted by atomic mass is 32.2. The maximum atomic E-state index is 11.4. The number of carbonyl (C=O) groups excluding carboxylic acids is 1. The third-order valence-electron chi connectivity index (χ3n) is 2.78. The van der Waals surface area contributed by atoms with E-state index in [9.17, 15) is 18.0 Å². The molecular weight excluding hydrogens is 246 g/mol. The van der Waals surface area contributed by atoms with Gasteiger partial charge in [-0.05, 0) is 19.3 Å². The van der Waals surface area contributed by atoms with Crippen molar-refractivity contribution in [3.05, 3.63) is 0 Å². The standard InChI is InChI=1S/C10H17NO5S/c1-17(15,16)6-9(12)11-8-4-2-3-7(5-8)10(13)14/h7-8H,2-6H2,1H3,(H,11,12)(H,13,14). The van der Waals surface area contributed by atoms with Gasteiger partial charge in [0.05, 0.1) is 5.92 Å². The van der Waals surface area contributed by atoms with Gasteiger partial charge in [-0.3, -0.25) is 9.59 Å². The van der Waals surface area contributed by atoms with Crippen LogP contribution in [-0.2, 0) is 19.4 Å². The van der Waals surface area contributed by atoms with Crippen LogP contribution in [0.3, 0.4) is 0 Å². The number of aliphatic carboxylic acids is 1. The summed E-state index contributed by atoms with van der Waals surface area (Å²) >= 11 is 0. The molecule has 0 heterocycles. The molecule has 2 atom stereocenters. The van der Waals surface area contributed by atoms with Crippen LogP contribution in [0.15, 0.2) is 0 Å². The molecule has 1 aliphatic carbocycles. The van der Waals surface area contributed by atoms with Crippen LogP contribution in [0.2, 0.25) is 0 Å². The predicted molar refractivity (Wildman–Crippen MR) is 61.2 cm³/mol. The molecule has 17 heavy (non-hydrogen) atoms. The zero-order valence-corrected chi connectivity index (χ0v) is 10.5. The molecule has 6 nitrogen and oxygen atoms in total. The number of nitrogens with one attached hydrogen (secondary N) is 1. The Kier molecular flexibility index (Phi) is 4.50. The van der Waals surface area contributed by atoms with Crippen LogP contribution in [0.4, 0.5) is 0 Å². The van der Waals surface area contributed by atoms with E-state index in [1.54, 1.807) is 0 Å². The van der Waals surface area contributed by atoms with Gasteiger partial charge in [-0.25, -0.2) is 8.42 Å². The van der Waals surface area contributed by atoms with Crippen molar-refractivity contribution in [3.63, 3.8) is 0 Å². The average molecular weight is 263 g/mol. The number of sulfone groups is 1. The fraction of sp³-hybridized carbons (Fsp3) is 0.800. The van der Waals surface area contributed by atoms with Crippen LogP contribution in [0.25, 0.3) is 0 Å². The van der Waals surface area contributed by atoms with Gasteiger partial charge in [0.2, 0.25) is 5.91 Å². The van der Waals surface area contributed by atoms with Gasteiger partial charge < -0.3 is 10.4 Å². The van der Waals surface area contributed by atoms with Crippen LogP contribution in [0, 0.1) is 5.92 Å². The Morgan fingerprint density at radius 2 is 2.00 bits per heavy atom. The summed E-state index contributed by atoms with van der Waals surface area (Å²) in [6, 6.07) is -0.223. The molecule has 0 spiro atoms. The molecule has 1 fully saturated rings. The number of carbonyl (C=O) groups is 2. The first-order valence-corrected chi connectivity index (χ1v) is 7.54. The Labute approximate surface area is 100 Å². The van der Waals surface area contributed by atoms with Crippen molar-refractivity contribution < 1.29 is 23.1 Å². The van der Waals surface area contributed by atoms with E-state index in [0.29, 0.717) is 19.3 Å². The summed E-state index contributed by atoms with van der Waals surface area (Å²) in [4.78, 5) is 22.2. The summed E-state index contributed by atoms with van der Waals surface area (Å²) in [7, 11) is -3.33. The Morgan fingerprint density at radius 1 is 1.35 bits per heavy atom. The molecule has 0 saturated heterocycles. The molecule has 1 rings (SSSR count). The topological polar surface area (TPSA) is 101 Å². The number of hydrogen-bond acceptors (Lipinski definition) is 4. The van der Waals surface area contributed by atoms with E-state index in [-0.39, 0.29) is 6.04 Å². The highest BCUT2D eigenvalue weighted by molar-refractivity contribution is 7.91. The van der Waals surface area contributed by atoms with Crippen molar-refractivity contribution in [2.45, 2.75) is 31.7 Å². The van der Waals surface area contributed by atoms with Gasteiger partial charge >= 0.3 is 5.97 Å². The number of rotatable bonds is 4. The first-order chi connectivity index (χ1) is 7.78. The Morgan fingerprint density at radius 3 is 2.53 bits per heavy atom. The van der Waals surface area contributed by atoms with Gasteiger partial charge in [-0.1, -0.05) is 6.42 Å². The average Bonchev–Trinajstić information content (AvgIpc) is 2.14. The van der Waals surface area contributed by atoms with E-state index >= 15 is 0 Å². The minimum atomic E-state index is -3.33. The van der Waals surface area contributed by atoms with E-state index in [2.05, 4.69) is 5.32 Å². The number of carboxylic acids is 1. The normalized spacial score (nSPS) is 25.2. The molecular formula is C10H17NO5S. The Bertz CT molecular complexity index is 403. The second-order valence-corrected chi connectivity index (χ2v) is 6.68. The zero-order valence-electron chi connectivity index (χ0n) is 9.68. The molecule has 0 radical (unpaired) electrons. The zero-order chi connectivity index (χ0) is 13.1. The Balaban J connectivity index is 2.46. The van der Waals surface area contributed by atoms with Gasteiger partial charge in [0, 0.05) is 12.3 Å². The van der Waals surface area contributed by atoms with Crippen LogP contribution in [0.5, 0.6) is 0 Å². The molecule has 0 aromatic rings. The third kappa shape index (κ3) is 5.16. The molecule has 2 N–H and O–H groups in total. The molecule has 0 aromatic carbocycles. The van der Waals surface area contributed by atoms with E-state index in [4.69, 9.17) is 5.11 Å². The Hall–Kier alpha value is -1.11. The fourth-order valence-corrected chi connectivity index (χ4v) is 2.61. The lowest BCUT2D eigenvalue weighted by atomic mass is 9.86. The summed E-state index contributed by atoms with van der Waals surface area (Å²) in [5, 5.41) is 11.4. The van der Waals surface area contributed by atoms with Gasteiger partial charge in [-0.15, -0.1) is 0 Å². The predicted octanol–water partition coefficient (Wildman–Crippen LogP) is -0.209. The molecule has 0 aliphatic heterocycles. The molecule has 1 aliphatic rings. The van der Waals surface area contributed by atoms with Crippen molar-refractivity contribution >= 4 is 21.7 Å². The van der Waals surface area contributed by atoms with Crippen molar-refractivity contribution in [2.75, 3.05) is 12.0 Å². The lowest BCUT2D eigenvalue weighted by Crippen LogP contribution is -2.42. The fourth-order valence-electron chi connectivity index (χ4n) is 2.05. The summed E-state index contributed by atoms with van der Waals surface area (Å²) in [5.41, 5.74) is 0. The summed E-state index contributed by atoms with van der Waals surface area (Å²) in [5.74, 6) is -2.38. The van der Waals surface area contributed by atoms with Gasteiger partial charge in [0.1, 0.15) is 5.75 Å². The molecule has 1 amide bonds. The maximum Gasteiger partial charge on any atom is 0.306 e. The van der Waals surface area contributed by atoms with Crippen LogP contribution >= 0.6 is 0 Å². The minimum Gasteiger partial charge on any atom is -0.481 e.